The molecule has 19 heteroatoms. The number of nitrogens with zero attached hydrogens (tertiary/aromatic N) is 10. The number of fused-ring (bicyclic) bond motifs is 6. The molecule has 7 aromatic carbocycles. The standard InChI is InChI=1S/C71H54N10O9/c1-7-48(82)27-29-63-72-55-19-11-15-23-59(55)76(63)42-32-43(77-60-24-16-12-20-56(60)73-64(77)30-28-49(83)8-2)34-46(33-42)80-68(86)51-38-53-54(39-52(51)69(80)87)71(89)81(70(53)88)47-36-44(78-61-25-17-13-21-57(61)74-66(78)40(5)31-50(84)9-3)35-45(37-47)79-62-26-18-14-22-58(62)75-67(79)41(6)90-65(85)10-4/h7-26,32-41H,1-4,27-31H2,5-6H3. The number of ketones is 3. The van der Waals surface area contributed by atoms with Crippen LogP contribution in [0.1, 0.15) is 68.4 Å². The van der Waals surface area contributed by atoms with Crippen molar-refractivity contribution in [2.75, 3.05) is 0 Å². The van der Waals surface area contributed by atoms with Gasteiger partial charge in [-0.1, -0.05) is 81.8 Å². The number of aryl methyl sites for hydroxylation is 2. The van der Waals surface area contributed by atoms with Gasteiger partial charge in [-0.05, 0) is 122 Å². The van der Waals surface area contributed by atoms with E-state index in [2.05, 4.69) is 26.3 Å². The molecule has 0 N–H and O–H groups in total. The van der Waals surface area contributed by atoms with Crippen LogP contribution in [0.3, 0.4) is 0 Å². The molecule has 0 saturated heterocycles. The Morgan fingerprint density at radius 2 is 0.733 bits per heavy atom. The quantitative estimate of drug-likeness (QED) is 0.0482. The first-order chi connectivity index (χ1) is 43.6. The number of carbonyl (C=O) groups is 4. The third-order valence-corrected chi connectivity index (χ3v) is 16.3. The first-order valence-electron chi connectivity index (χ1n) is 29.0. The van der Waals surface area contributed by atoms with Crippen LogP contribution < -0.4 is 22.2 Å². The Balaban J connectivity index is 1.03. The average molecular weight is 1190 g/mol. The van der Waals surface area contributed by atoms with Crippen LogP contribution in [0.15, 0.2) is 215 Å². The van der Waals surface area contributed by atoms with E-state index in [-0.39, 0.29) is 82.4 Å². The summed E-state index contributed by atoms with van der Waals surface area (Å²) in [4.78, 5) is 132. The molecule has 13 rings (SSSR count). The molecule has 0 spiro atoms. The zero-order valence-electron chi connectivity index (χ0n) is 48.8. The van der Waals surface area contributed by atoms with Gasteiger partial charge in [0.2, 0.25) is 0 Å². The second-order valence-electron chi connectivity index (χ2n) is 21.9. The van der Waals surface area contributed by atoms with Crippen LogP contribution in [0.4, 0.5) is 0 Å². The molecule has 13 aromatic rings. The summed E-state index contributed by atoms with van der Waals surface area (Å²) >= 11 is 0. The van der Waals surface area contributed by atoms with E-state index in [1.165, 1.54) is 30.4 Å². The average Bonchev–Trinajstić information content (AvgIpc) is 2.08. The van der Waals surface area contributed by atoms with Crippen LogP contribution >= 0.6 is 0 Å². The third kappa shape index (κ3) is 9.74. The van der Waals surface area contributed by atoms with Gasteiger partial charge in [0, 0.05) is 44.1 Å². The molecule has 0 aliphatic rings. The Hall–Kier alpha value is -11.9. The van der Waals surface area contributed by atoms with E-state index in [0.29, 0.717) is 90.2 Å². The van der Waals surface area contributed by atoms with Crippen molar-refractivity contribution in [1.29, 1.82) is 0 Å². The predicted molar refractivity (Wildman–Crippen MR) is 346 cm³/mol. The molecular weight excluding hydrogens is 1140 g/mol. The van der Waals surface area contributed by atoms with Crippen molar-refractivity contribution in [2.24, 2.45) is 0 Å². The summed E-state index contributed by atoms with van der Waals surface area (Å²) in [6, 6.07) is 42.3. The lowest BCUT2D eigenvalue weighted by Gasteiger charge is -2.19. The summed E-state index contributed by atoms with van der Waals surface area (Å²) in [5, 5.41) is -0.544. The predicted octanol–water partition coefficient (Wildman–Crippen LogP) is 10.7. The number of benzene rings is 7. The normalized spacial score (nSPS) is 12.3. The highest BCUT2D eigenvalue weighted by molar-refractivity contribution is 5.99. The lowest BCUT2D eigenvalue weighted by molar-refractivity contribution is -0.142. The van der Waals surface area contributed by atoms with E-state index < -0.39 is 40.2 Å². The van der Waals surface area contributed by atoms with Gasteiger partial charge in [-0.25, -0.2) is 33.9 Å². The van der Waals surface area contributed by atoms with Crippen molar-refractivity contribution in [3.63, 3.8) is 0 Å². The zero-order chi connectivity index (χ0) is 62.8. The highest BCUT2D eigenvalue weighted by Gasteiger charge is 2.28. The van der Waals surface area contributed by atoms with Gasteiger partial charge in [-0.3, -0.25) is 51.8 Å². The Morgan fingerprint density at radius 3 is 1.11 bits per heavy atom. The molecule has 90 heavy (non-hydrogen) atoms. The SMILES string of the molecule is C=CC(=O)CCc1nc2ccccc2n1-c1cc(-n2c(=O)c3cc4c(=O)n(-c5cc(-n6c(C(C)CC(=O)C=C)nc7ccccc76)cc(-n6c(C(C)OC(=O)C=C)nc7ccccc76)c5)c(=O)c4cc3c2=O)cc(-n2c(CCC(=O)C=C)nc3ccccc32)c1. The van der Waals surface area contributed by atoms with Crippen molar-refractivity contribution in [3.05, 3.63) is 261 Å². The molecule has 0 saturated carbocycles. The molecule has 2 unspecified atom stereocenters. The van der Waals surface area contributed by atoms with Gasteiger partial charge in [-0.15, -0.1) is 0 Å². The number of para-hydroxylation sites is 8. The number of allylic oxidation sites excluding steroid dienone is 3. The van der Waals surface area contributed by atoms with Gasteiger partial charge in [-0.2, -0.15) is 0 Å². The fourth-order valence-electron chi connectivity index (χ4n) is 12.1. The van der Waals surface area contributed by atoms with Gasteiger partial charge in [0.05, 0.1) is 99.8 Å². The van der Waals surface area contributed by atoms with E-state index in [1.807, 2.05) is 124 Å². The van der Waals surface area contributed by atoms with E-state index in [9.17, 15) is 19.2 Å². The fraction of sp³-hybridized carbons (Fsp3) is 0.127. The summed E-state index contributed by atoms with van der Waals surface area (Å²) in [6.07, 6.45) is 4.54. The van der Waals surface area contributed by atoms with Crippen LogP contribution in [0.2, 0.25) is 0 Å². The minimum absolute atomic E-state index is 0.0665. The van der Waals surface area contributed by atoms with Gasteiger partial charge in [0.1, 0.15) is 17.5 Å². The maximum absolute atomic E-state index is 15.4. The third-order valence-electron chi connectivity index (χ3n) is 16.3. The molecular formula is C71H54N10O9. The van der Waals surface area contributed by atoms with Crippen LogP contribution in [-0.2, 0) is 36.8 Å². The molecule has 0 fully saturated rings. The van der Waals surface area contributed by atoms with Crippen LogP contribution in [0, 0.1) is 0 Å². The topological polar surface area (TPSA) is 227 Å². The maximum atomic E-state index is 15.4. The van der Waals surface area contributed by atoms with Crippen molar-refractivity contribution in [1.82, 2.24) is 47.3 Å². The number of esters is 1. The van der Waals surface area contributed by atoms with E-state index >= 15 is 19.2 Å². The Kier molecular flexibility index (Phi) is 14.5. The second-order valence-corrected chi connectivity index (χ2v) is 21.9. The van der Waals surface area contributed by atoms with Crippen molar-refractivity contribution in [2.45, 2.75) is 58.0 Å². The summed E-state index contributed by atoms with van der Waals surface area (Å²) in [5.41, 5.74) is 3.74. The monoisotopic (exact) mass is 1190 g/mol. The summed E-state index contributed by atoms with van der Waals surface area (Å²) < 4.78 is 15.1. The first-order valence-corrected chi connectivity index (χ1v) is 29.0. The van der Waals surface area contributed by atoms with E-state index in [4.69, 9.17) is 24.7 Å². The minimum Gasteiger partial charge on any atom is -0.451 e. The number of ether oxygens (including phenoxy) is 1. The Labute approximate surface area is 511 Å². The number of rotatable bonds is 21. The zero-order valence-corrected chi connectivity index (χ0v) is 48.8. The molecule has 6 aromatic heterocycles. The van der Waals surface area contributed by atoms with E-state index in [0.717, 1.165) is 15.2 Å². The Bertz CT molecular complexity index is 5160. The smallest absolute Gasteiger partial charge is 0.330 e. The molecule has 0 aliphatic carbocycles. The number of aromatic nitrogens is 10. The molecule has 0 amide bonds. The maximum Gasteiger partial charge on any atom is 0.330 e. The molecule has 0 radical (unpaired) electrons. The first kappa shape index (κ1) is 57.2. The number of imidazole rings is 4. The highest BCUT2D eigenvalue weighted by atomic mass is 16.5. The van der Waals surface area contributed by atoms with Gasteiger partial charge in [0.25, 0.3) is 22.2 Å². The number of hydrogen-bond donors (Lipinski definition) is 0. The lowest BCUT2D eigenvalue weighted by atomic mass is 10.0. The number of carbonyl (C=O) groups excluding carboxylic acids is 4. The van der Waals surface area contributed by atoms with Gasteiger partial charge in [0.15, 0.2) is 29.3 Å². The van der Waals surface area contributed by atoms with Crippen LogP contribution in [-0.4, -0.2) is 70.7 Å². The molecule has 19 nitrogen and oxygen atoms in total. The lowest BCUT2D eigenvalue weighted by Crippen LogP contribution is -2.24. The molecule has 442 valence electrons. The largest absolute Gasteiger partial charge is 0.451 e. The van der Waals surface area contributed by atoms with Crippen molar-refractivity contribution < 1.29 is 23.9 Å². The summed E-state index contributed by atoms with van der Waals surface area (Å²) in [6.45, 7) is 18.1. The molecule has 2 atom stereocenters. The van der Waals surface area contributed by atoms with Crippen molar-refractivity contribution in [3.8, 4) is 34.1 Å². The highest BCUT2D eigenvalue weighted by Crippen LogP contribution is 2.35. The van der Waals surface area contributed by atoms with Crippen LogP contribution in [0.5, 0.6) is 0 Å². The summed E-state index contributed by atoms with van der Waals surface area (Å²) in [5.74, 6) is 0.0647. The second kappa shape index (κ2) is 22.8. The minimum atomic E-state index is -0.944. The number of hydrogen-bond acceptors (Lipinski definition) is 13. The fourth-order valence-corrected chi connectivity index (χ4v) is 12.1. The van der Waals surface area contributed by atoms with Crippen molar-refractivity contribution >= 4 is 89.0 Å². The Morgan fingerprint density at radius 1 is 0.411 bits per heavy atom. The molecule has 0 bridgehead atoms. The van der Waals surface area contributed by atoms with Crippen LogP contribution in [0.25, 0.3) is 99.8 Å². The van der Waals surface area contributed by atoms with E-state index in [1.54, 1.807) is 41.8 Å². The summed E-state index contributed by atoms with van der Waals surface area (Å²) in [7, 11) is 0. The molecule has 6 heterocycles. The van der Waals surface area contributed by atoms with Gasteiger partial charge < -0.3 is 4.74 Å². The van der Waals surface area contributed by atoms with Gasteiger partial charge >= 0.3 is 5.97 Å². The molecule has 0 aliphatic heterocycles.